The molecule has 0 amide bonds. The van der Waals surface area contributed by atoms with Gasteiger partial charge in [0.15, 0.2) is 0 Å². The van der Waals surface area contributed by atoms with Gasteiger partial charge in [0.1, 0.15) is 5.54 Å². The Hall–Kier alpha value is -2.27. The number of nitriles is 1. The third-order valence-electron chi connectivity index (χ3n) is 5.59. The van der Waals surface area contributed by atoms with Gasteiger partial charge in [0.2, 0.25) is 0 Å². The van der Waals surface area contributed by atoms with Crippen molar-refractivity contribution >= 4 is 5.69 Å². The number of benzene rings is 2. The summed E-state index contributed by atoms with van der Waals surface area (Å²) in [5.74, 6) is 0. The number of fused-ring (bicyclic) bond motifs is 1. The van der Waals surface area contributed by atoms with Crippen LogP contribution in [0.25, 0.3) is 0 Å². The largest absolute Gasteiger partial charge is 0.346 e. The van der Waals surface area contributed by atoms with Gasteiger partial charge in [0.25, 0.3) is 0 Å². The second-order valence-electron chi connectivity index (χ2n) is 7.19. The maximum absolute atomic E-state index is 10.2. The van der Waals surface area contributed by atoms with Crippen molar-refractivity contribution in [3.05, 3.63) is 65.7 Å². The van der Waals surface area contributed by atoms with Crippen LogP contribution in [0.3, 0.4) is 0 Å². The maximum atomic E-state index is 10.2. The average molecular weight is 332 g/mol. The van der Waals surface area contributed by atoms with Crippen molar-refractivity contribution in [1.29, 1.82) is 5.26 Å². The predicted octanol–water partition coefficient (Wildman–Crippen LogP) is 6.04. The SMILES string of the molecule is CCCCC[C@@]1(C#N)CCc2ccccc2N1[C@@H](C)c1ccccc1. The van der Waals surface area contributed by atoms with E-state index in [1.165, 1.54) is 29.7 Å². The molecule has 0 saturated carbocycles. The minimum absolute atomic E-state index is 0.184. The summed E-state index contributed by atoms with van der Waals surface area (Å²) in [5.41, 5.74) is 3.47. The van der Waals surface area contributed by atoms with Gasteiger partial charge in [-0.1, -0.05) is 74.7 Å². The monoisotopic (exact) mass is 332 g/mol. The highest BCUT2D eigenvalue weighted by molar-refractivity contribution is 5.61. The molecule has 2 atom stereocenters. The Morgan fingerprint density at radius 2 is 1.80 bits per heavy atom. The van der Waals surface area contributed by atoms with Crippen LogP contribution in [-0.2, 0) is 6.42 Å². The molecule has 1 heterocycles. The number of anilines is 1. The molecule has 0 aliphatic carbocycles. The maximum Gasteiger partial charge on any atom is 0.128 e. The molecule has 2 heteroatoms. The molecule has 130 valence electrons. The zero-order chi connectivity index (χ0) is 17.7. The normalized spacial score (nSPS) is 20.6. The zero-order valence-electron chi connectivity index (χ0n) is 15.4. The number of rotatable bonds is 6. The molecule has 1 aliphatic rings. The summed E-state index contributed by atoms with van der Waals surface area (Å²) in [6.45, 7) is 4.46. The molecule has 2 nitrogen and oxygen atoms in total. The summed E-state index contributed by atoms with van der Waals surface area (Å²) in [4.78, 5) is 2.41. The molecule has 2 aromatic rings. The van der Waals surface area contributed by atoms with Crippen molar-refractivity contribution in [3.8, 4) is 6.07 Å². The van der Waals surface area contributed by atoms with Crippen molar-refractivity contribution in [3.63, 3.8) is 0 Å². The van der Waals surface area contributed by atoms with Crippen LogP contribution in [-0.4, -0.2) is 5.54 Å². The smallest absolute Gasteiger partial charge is 0.128 e. The highest BCUT2D eigenvalue weighted by Crippen LogP contribution is 2.44. The Morgan fingerprint density at radius 1 is 1.08 bits per heavy atom. The third kappa shape index (κ3) is 3.42. The van der Waals surface area contributed by atoms with Gasteiger partial charge in [-0.2, -0.15) is 5.26 Å². The first-order valence-electron chi connectivity index (χ1n) is 9.55. The lowest BCUT2D eigenvalue weighted by molar-refractivity contribution is 0.362. The second kappa shape index (κ2) is 7.74. The lowest BCUT2D eigenvalue weighted by atomic mass is 9.79. The van der Waals surface area contributed by atoms with Crippen LogP contribution in [0.2, 0.25) is 0 Å². The fourth-order valence-corrected chi connectivity index (χ4v) is 4.19. The predicted molar refractivity (Wildman–Crippen MR) is 105 cm³/mol. The van der Waals surface area contributed by atoms with Crippen molar-refractivity contribution in [1.82, 2.24) is 0 Å². The van der Waals surface area contributed by atoms with Crippen LogP contribution in [0.1, 0.15) is 63.1 Å². The molecule has 0 radical (unpaired) electrons. The van der Waals surface area contributed by atoms with Crippen LogP contribution in [0.5, 0.6) is 0 Å². The summed E-state index contributed by atoms with van der Waals surface area (Å²) in [7, 11) is 0. The summed E-state index contributed by atoms with van der Waals surface area (Å²) >= 11 is 0. The van der Waals surface area contributed by atoms with Gasteiger partial charge in [-0.3, -0.25) is 0 Å². The number of nitrogens with zero attached hydrogens (tertiary/aromatic N) is 2. The lowest BCUT2D eigenvalue weighted by Crippen LogP contribution is -2.52. The summed E-state index contributed by atoms with van der Waals surface area (Å²) in [6, 6.07) is 22.1. The quantitative estimate of drug-likeness (QED) is 0.603. The molecule has 0 spiro atoms. The van der Waals surface area contributed by atoms with Crippen LogP contribution in [0.4, 0.5) is 5.69 Å². The fraction of sp³-hybridized carbons (Fsp3) is 0.435. The van der Waals surface area contributed by atoms with Crippen LogP contribution >= 0.6 is 0 Å². The Bertz CT molecular complexity index is 731. The van der Waals surface area contributed by atoms with E-state index in [4.69, 9.17) is 0 Å². The molecule has 25 heavy (non-hydrogen) atoms. The van der Waals surface area contributed by atoms with Gasteiger partial charge in [0.05, 0.1) is 12.1 Å². The number of hydrogen-bond donors (Lipinski definition) is 0. The van der Waals surface area contributed by atoms with Gasteiger partial charge >= 0.3 is 0 Å². The Balaban J connectivity index is 2.04. The molecule has 0 bridgehead atoms. The molecule has 2 aromatic carbocycles. The van der Waals surface area contributed by atoms with E-state index in [9.17, 15) is 5.26 Å². The van der Waals surface area contributed by atoms with Gasteiger partial charge in [-0.15, -0.1) is 0 Å². The first-order valence-corrected chi connectivity index (χ1v) is 9.55. The summed E-state index contributed by atoms with van der Waals surface area (Å²) < 4.78 is 0. The third-order valence-corrected chi connectivity index (χ3v) is 5.59. The topological polar surface area (TPSA) is 27.0 Å². The minimum Gasteiger partial charge on any atom is -0.346 e. The number of aryl methyl sites for hydroxylation is 1. The highest BCUT2D eigenvalue weighted by Gasteiger charge is 2.43. The average Bonchev–Trinajstić information content (AvgIpc) is 2.68. The van der Waals surface area contributed by atoms with Gasteiger partial charge < -0.3 is 4.90 Å². The van der Waals surface area contributed by atoms with E-state index in [1.54, 1.807) is 0 Å². The van der Waals surface area contributed by atoms with Crippen LogP contribution < -0.4 is 4.90 Å². The number of para-hydroxylation sites is 1. The van der Waals surface area contributed by atoms with E-state index >= 15 is 0 Å². The first kappa shape index (κ1) is 17.5. The Morgan fingerprint density at radius 3 is 2.52 bits per heavy atom. The molecular formula is C23H28N2. The standard InChI is InChI=1S/C23H28N2/c1-3-4-10-16-23(18-24)17-15-21-13-8-9-14-22(21)25(23)19(2)20-11-6-5-7-12-20/h5-9,11-14,19H,3-4,10,15-17H2,1-2H3/t19-,23-/m0/s1. The molecule has 1 aliphatic heterocycles. The fourth-order valence-electron chi connectivity index (χ4n) is 4.19. The van der Waals surface area contributed by atoms with Gasteiger partial charge in [-0.05, 0) is 43.4 Å². The van der Waals surface area contributed by atoms with E-state index < -0.39 is 5.54 Å². The van der Waals surface area contributed by atoms with Gasteiger partial charge in [-0.25, -0.2) is 0 Å². The molecular weight excluding hydrogens is 304 g/mol. The first-order chi connectivity index (χ1) is 12.2. The minimum atomic E-state index is -0.404. The van der Waals surface area contributed by atoms with E-state index in [0.29, 0.717) is 0 Å². The van der Waals surface area contributed by atoms with Crippen molar-refractivity contribution in [2.24, 2.45) is 0 Å². The molecule has 0 fully saturated rings. The molecule has 0 aromatic heterocycles. The van der Waals surface area contributed by atoms with Crippen molar-refractivity contribution in [2.45, 2.75) is 64.0 Å². The zero-order valence-corrected chi connectivity index (χ0v) is 15.4. The Labute approximate surface area is 152 Å². The van der Waals surface area contributed by atoms with E-state index in [1.807, 2.05) is 0 Å². The summed E-state index contributed by atoms with van der Waals surface area (Å²) in [6.07, 6.45) is 6.35. The highest BCUT2D eigenvalue weighted by atomic mass is 15.2. The van der Waals surface area contributed by atoms with Crippen molar-refractivity contribution in [2.75, 3.05) is 4.90 Å². The molecule has 3 rings (SSSR count). The van der Waals surface area contributed by atoms with E-state index in [-0.39, 0.29) is 6.04 Å². The van der Waals surface area contributed by atoms with E-state index in [0.717, 1.165) is 25.7 Å². The molecule has 0 N–H and O–H groups in total. The summed E-state index contributed by atoms with van der Waals surface area (Å²) in [5, 5.41) is 10.2. The number of unbranched alkanes of at least 4 members (excludes halogenated alkanes) is 2. The van der Waals surface area contributed by atoms with Crippen molar-refractivity contribution < 1.29 is 0 Å². The number of hydrogen-bond acceptors (Lipinski definition) is 2. The van der Waals surface area contributed by atoms with Gasteiger partial charge in [0, 0.05) is 5.69 Å². The second-order valence-corrected chi connectivity index (χ2v) is 7.19. The van der Waals surface area contributed by atoms with Crippen LogP contribution in [0, 0.1) is 11.3 Å². The van der Waals surface area contributed by atoms with Crippen LogP contribution in [0.15, 0.2) is 54.6 Å². The van der Waals surface area contributed by atoms with E-state index in [2.05, 4.69) is 79.4 Å². The molecule has 0 saturated heterocycles. The Kier molecular flexibility index (Phi) is 5.43. The molecule has 0 unspecified atom stereocenters. The lowest BCUT2D eigenvalue weighted by Gasteiger charge is -2.48.